The van der Waals surface area contributed by atoms with E-state index in [1.807, 2.05) is 42.5 Å². The van der Waals surface area contributed by atoms with Crippen LogP contribution in [0.25, 0.3) is 10.9 Å². The van der Waals surface area contributed by atoms with Crippen LogP contribution in [0.4, 0.5) is 0 Å². The Morgan fingerprint density at radius 2 is 1.94 bits per heavy atom. The molecule has 2 heterocycles. The highest BCUT2D eigenvalue weighted by Gasteiger charge is 2.15. The minimum atomic E-state index is -0.267. The van der Waals surface area contributed by atoms with Crippen LogP contribution in [-0.4, -0.2) is 29.4 Å². The summed E-state index contributed by atoms with van der Waals surface area (Å²) in [5.41, 5.74) is 2.41. The molecule has 1 aliphatic rings. The number of nitrogens with zero attached hydrogens (tertiary/aromatic N) is 1. The molecule has 0 radical (unpaired) electrons. The molecule has 2 N–H and O–H groups in total. The van der Waals surface area contributed by atoms with Gasteiger partial charge in [0.2, 0.25) is 6.79 Å². The summed E-state index contributed by atoms with van der Waals surface area (Å²) in [5.74, 6) is 1.76. The highest BCUT2D eigenvalue weighted by Crippen LogP contribution is 2.32. The third kappa shape index (κ3) is 4.13. The molecule has 5 rings (SSSR count). The van der Waals surface area contributed by atoms with Gasteiger partial charge >= 0.3 is 0 Å². The van der Waals surface area contributed by atoms with Crippen molar-refractivity contribution in [3.63, 3.8) is 0 Å². The van der Waals surface area contributed by atoms with E-state index in [2.05, 4.69) is 10.3 Å². The number of ether oxygens (including phenoxy) is 3. The summed E-state index contributed by atoms with van der Waals surface area (Å²) in [5, 5.41) is 3.32. The van der Waals surface area contributed by atoms with Gasteiger partial charge in [-0.05, 0) is 54.2 Å². The van der Waals surface area contributed by atoms with Crippen molar-refractivity contribution in [3.8, 4) is 17.2 Å². The highest BCUT2D eigenvalue weighted by molar-refractivity contribution is 7.71. The monoisotopic (exact) mass is 475 g/mol. The molecule has 0 saturated carbocycles. The largest absolute Gasteiger partial charge is 0.496 e. The van der Waals surface area contributed by atoms with E-state index in [-0.39, 0.29) is 29.6 Å². The first-order valence-corrected chi connectivity index (χ1v) is 11.0. The molecule has 8 nitrogen and oxygen atoms in total. The van der Waals surface area contributed by atoms with Gasteiger partial charge in [-0.25, -0.2) is 0 Å². The molecule has 172 valence electrons. The summed E-state index contributed by atoms with van der Waals surface area (Å²) >= 11 is 5.45. The molecular weight excluding hydrogens is 454 g/mol. The molecule has 34 heavy (non-hydrogen) atoms. The molecule has 0 fully saturated rings. The van der Waals surface area contributed by atoms with E-state index in [0.717, 1.165) is 11.1 Å². The van der Waals surface area contributed by atoms with Gasteiger partial charge in [-0.3, -0.25) is 14.2 Å². The van der Waals surface area contributed by atoms with Crippen LogP contribution in [0.1, 0.15) is 21.5 Å². The van der Waals surface area contributed by atoms with Gasteiger partial charge in [0.15, 0.2) is 16.3 Å². The van der Waals surface area contributed by atoms with Crippen LogP contribution >= 0.6 is 12.2 Å². The fraction of sp³-hybridized carbons (Fsp3) is 0.160. The third-order valence-electron chi connectivity index (χ3n) is 5.65. The zero-order valence-corrected chi connectivity index (χ0v) is 19.1. The second-order valence-electron chi connectivity index (χ2n) is 7.76. The van der Waals surface area contributed by atoms with E-state index in [4.69, 9.17) is 26.4 Å². The zero-order valence-electron chi connectivity index (χ0n) is 18.3. The van der Waals surface area contributed by atoms with Crippen LogP contribution in [0, 0.1) is 4.77 Å². The topological polar surface area (TPSA) is 94.6 Å². The van der Waals surface area contributed by atoms with Gasteiger partial charge < -0.3 is 24.5 Å². The fourth-order valence-corrected chi connectivity index (χ4v) is 4.15. The number of rotatable bonds is 6. The molecule has 9 heteroatoms. The Morgan fingerprint density at radius 1 is 1.12 bits per heavy atom. The minimum Gasteiger partial charge on any atom is -0.496 e. The molecule has 4 aromatic rings. The van der Waals surface area contributed by atoms with Crippen molar-refractivity contribution in [2.24, 2.45) is 0 Å². The minimum absolute atomic E-state index is 0.184. The summed E-state index contributed by atoms with van der Waals surface area (Å²) in [6.45, 7) is 0.777. The van der Waals surface area contributed by atoms with Crippen LogP contribution in [0.5, 0.6) is 17.2 Å². The third-order valence-corrected chi connectivity index (χ3v) is 5.98. The molecular formula is C25H21N3O5S. The highest BCUT2D eigenvalue weighted by atomic mass is 32.1. The van der Waals surface area contributed by atoms with Crippen molar-refractivity contribution >= 4 is 29.0 Å². The summed E-state index contributed by atoms with van der Waals surface area (Å²) in [6, 6.07) is 17.9. The molecule has 1 amide bonds. The average molecular weight is 476 g/mol. The molecule has 1 aliphatic heterocycles. The van der Waals surface area contributed by atoms with Gasteiger partial charge in [-0.2, -0.15) is 0 Å². The van der Waals surface area contributed by atoms with Crippen LogP contribution < -0.4 is 25.1 Å². The predicted octanol–water partition coefficient (Wildman–Crippen LogP) is 3.77. The predicted molar refractivity (Wildman–Crippen MR) is 129 cm³/mol. The number of carbonyl (C=O) groups is 1. The lowest BCUT2D eigenvalue weighted by molar-refractivity contribution is 0.0950. The summed E-state index contributed by atoms with van der Waals surface area (Å²) in [7, 11) is 1.59. The maximum absolute atomic E-state index is 13.2. The first-order chi connectivity index (χ1) is 16.5. The number of hydrogen-bond acceptors (Lipinski definition) is 6. The van der Waals surface area contributed by atoms with Crippen molar-refractivity contribution in [1.82, 2.24) is 14.9 Å². The molecule has 0 aliphatic carbocycles. The Hall–Kier alpha value is -4.11. The molecule has 0 saturated heterocycles. The van der Waals surface area contributed by atoms with Gasteiger partial charge in [-0.1, -0.05) is 24.3 Å². The Kier molecular flexibility index (Phi) is 5.77. The maximum Gasteiger partial charge on any atom is 0.262 e. The van der Waals surface area contributed by atoms with Crippen molar-refractivity contribution in [3.05, 3.63) is 92.5 Å². The Bertz CT molecular complexity index is 1530. The molecule has 0 unspecified atom stereocenters. The van der Waals surface area contributed by atoms with Crippen LogP contribution in [0.3, 0.4) is 0 Å². The van der Waals surface area contributed by atoms with Crippen molar-refractivity contribution in [2.75, 3.05) is 13.9 Å². The number of fused-ring (bicyclic) bond motifs is 2. The van der Waals surface area contributed by atoms with Crippen molar-refractivity contribution in [2.45, 2.75) is 13.1 Å². The standard InChI is InChI=1S/C25H21N3O5S/c1-31-20-5-3-2-4-17(20)12-26-23(29)16-7-8-18-19(11-16)27-25(34)28(24(18)30)13-15-6-9-21-22(10-15)33-14-32-21/h2-11H,12-14H2,1H3,(H,26,29)(H,27,34). The molecule has 0 atom stereocenters. The van der Waals surface area contributed by atoms with Gasteiger partial charge in [0.05, 0.1) is 24.6 Å². The lowest BCUT2D eigenvalue weighted by atomic mass is 10.1. The lowest BCUT2D eigenvalue weighted by Gasteiger charge is -2.11. The number of amides is 1. The summed E-state index contributed by atoms with van der Waals surface area (Å²) < 4.78 is 17.8. The number of nitrogens with one attached hydrogen (secondary N) is 2. The number of H-pyrrole nitrogens is 1. The van der Waals surface area contributed by atoms with Gasteiger partial charge in [0, 0.05) is 17.7 Å². The molecule has 0 spiro atoms. The first-order valence-electron chi connectivity index (χ1n) is 10.6. The van der Waals surface area contributed by atoms with Crippen LogP contribution in [0.15, 0.2) is 65.5 Å². The van der Waals surface area contributed by atoms with E-state index < -0.39 is 0 Å². The van der Waals surface area contributed by atoms with E-state index in [0.29, 0.717) is 40.3 Å². The van der Waals surface area contributed by atoms with E-state index in [1.54, 1.807) is 25.3 Å². The first kappa shape index (κ1) is 21.7. The van der Waals surface area contributed by atoms with E-state index in [1.165, 1.54) is 4.57 Å². The second-order valence-corrected chi connectivity index (χ2v) is 8.15. The lowest BCUT2D eigenvalue weighted by Crippen LogP contribution is -2.25. The zero-order chi connectivity index (χ0) is 23.7. The number of hydrogen-bond donors (Lipinski definition) is 2. The molecule has 0 bridgehead atoms. The number of methoxy groups -OCH3 is 1. The molecule has 3 aromatic carbocycles. The molecule has 1 aromatic heterocycles. The van der Waals surface area contributed by atoms with E-state index in [9.17, 15) is 9.59 Å². The summed E-state index contributed by atoms with van der Waals surface area (Å²) in [4.78, 5) is 29.0. The van der Waals surface area contributed by atoms with E-state index >= 15 is 0 Å². The average Bonchev–Trinajstić information content (AvgIpc) is 3.33. The van der Waals surface area contributed by atoms with Gasteiger partial charge in [0.25, 0.3) is 11.5 Å². The van der Waals surface area contributed by atoms with Crippen LogP contribution in [-0.2, 0) is 13.1 Å². The quantitative estimate of drug-likeness (QED) is 0.412. The van der Waals surface area contributed by atoms with Crippen molar-refractivity contribution in [1.29, 1.82) is 0 Å². The Morgan fingerprint density at radius 3 is 2.79 bits per heavy atom. The van der Waals surface area contributed by atoms with Gasteiger partial charge in [0.1, 0.15) is 5.75 Å². The number of para-hydroxylation sites is 1. The van der Waals surface area contributed by atoms with Gasteiger partial charge in [-0.15, -0.1) is 0 Å². The summed E-state index contributed by atoms with van der Waals surface area (Å²) in [6.07, 6.45) is 0. The number of carbonyl (C=O) groups excluding carboxylic acids is 1. The van der Waals surface area contributed by atoms with Crippen molar-refractivity contribution < 1.29 is 19.0 Å². The SMILES string of the molecule is COc1ccccc1CNC(=O)c1ccc2c(=O)n(Cc3ccc4c(c3)OCO4)c(=S)[nH]c2c1. The normalized spacial score (nSPS) is 12.0. The number of benzene rings is 3. The maximum atomic E-state index is 13.2. The number of aromatic nitrogens is 2. The smallest absolute Gasteiger partial charge is 0.262 e. The Balaban J connectivity index is 1.39. The number of aromatic amines is 1. The Labute approximate surface area is 199 Å². The fourth-order valence-electron chi connectivity index (χ4n) is 3.89. The second kappa shape index (κ2) is 9.03. The van der Waals surface area contributed by atoms with Crippen LogP contribution in [0.2, 0.25) is 0 Å².